The number of hydrogen-bond acceptors (Lipinski definition) is 4. The highest BCUT2D eigenvalue weighted by atomic mass is 79.9. The van der Waals surface area contributed by atoms with Crippen molar-refractivity contribution in [2.45, 2.75) is 0 Å². The van der Waals surface area contributed by atoms with Crippen molar-refractivity contribution < 1.29 is 0 Å². The summed E-state index contributed by atoms with van der Waals surface area (Å²) in [5, 5.41) is 0. The number of rotatable bonds is 4. The van der Waals surface area contributed by atoms with Gasteiger partial charge in [-0.25, -0.2) is 19.9 Å². The summed E-state index contributed by atoms with van der Waals surface area (Å²) in [7, 11) is 0. The summed E-state index contributed by atoms with van der Waals surface area (Å²) in [5.74, 6) is 0. The van der Waals surface area contributed by atoms with Crippen molar-refractivity contribution in [3.63, 3.8) is 0 Å². The first-order valence-corrected chi connectivity index (χ1v) is 17.7. The van der Waals surface area contributed by atoms with E-state index in [0.29, 0.717) is 0 Å². The van der Waals surface area contributed by atoms with Crippen LogP contribution in [0.2, 0.25) is 0 Å². The lowest BCUT2D eigenvalue weighted by Gasteiger charge is -2.06. The Morgan fingerprint density at radius 1 is 0.340 bits per heavy atom. The zero-order chi connectivity index (χ0) is 33.6. The molecule has 7 heterocycles. The van der Waals surface area contributed by atoms with Gasteiger partial charge in [0.05, 0.1) is 45.2 Å². The standard InChI is InChI=1S/C42H26Br2N6/c43-37-15-7-13-27(49-37)41-33-21-17-29(45-33)39(25-9-3-1-4-10-25)30-18-22-34(46-30)42(28-14-8-16-38(44)50-28)36-24-20-32(48-36)40(26-11-5-2-6-12-26)31-19-23-35(41)47-31/h1-24,45,48H. The average molecular weight is 775 g/mol. The molecule has 238 valence electrons. The number of benzene rings is 2. The predicted octanol–water partition coefficient (Wildman–Crippen LogP) is 11.6. The van der Waals surface area contributed by atoms with Crippen molar-refractivity contribution in [2.24, 2.45) is 0 Å². The van der Waals surface area contributed by atoms with Crippen LogP contribution in [0.1, 0.15) is 22.8 Å². The third-order valence-corrected chi connectivity index (χ3v) is 9.70. The second kappa shape index (κ2) is 12.6. The third kappa shape index (κ3) is 5.52. The van der Waals surface area contributed by atoms with Crippen molar-refractivity contribution in [1.82, 2.24) is 29.9 Å². The molecule has 0 saturated heterocycles. The molecule has 8 bridgehead atoms. The molecule has 8 heteroatoms. The fraction of sp³-hybridized carbons (Fsp3) is 0. The first kappa shape index (κ1) is 30.4. The van der Waals surface area contributed by atoms with E-state index in [0.717, 1.165) is 98.8 Å². The van der Waals surface area contributed by atoms with Crippen LogP contribution in [-0.4, -0.2) is 29.9 Å². The van der Waals surface area contributed by atoms with E-state index in [1.165, 1.54) is 0 Å². The van der Waals surface area contributed by atoms with Gasteiger partial charge in [0.1, 0.15) is 9.21 Å². The summed E-state index contributed by atoms with van der Waals surface area (Å²) in [5.41, 5.74) is 14.5. The molecular weight excluding hydrogens is 748 g/mol. The minimum Gasteiger partial charge on any atom is -0.354 e. The molecule has 6 nitrogen and oxygen atoms in total. The van der Waals surface area contributed by atoms with E-state index in [1.54, 1.807) is 0 Å². The zero-order valence-electron chi connectivity index (χ0n) is 26.4. The van der Waals surface area contributed by atoms with Crippen molar-refractivity contribution >= 4 is 78.2 Å². The maximum Gasteiger partial charge on any atom is 0.106 e. The molecule has 2 aromatic carbocycles. The molecule has 2 aliphatic rings. The monoisotopic (exact) mass is 772 g/mol. The number of nitrogens with zero attached hydrogens (tertiary/aromatic N) is 4. The quantitative estimate of drug-likeness (QED) is 0.174. The molecule has 0 radical (unpaired) electrons. The Hall–Kier alpha value is -5.70. The Balaban J connectivity index is 1.49. The lowest BCUT2D eigenvalue weighted by Crippen LogP contribution is -1.91. The minimum atomic E-state index is 0.751. The number of nitrogens with one attached hydrogen (secondary N) is 2. The average Bonchev–Trinajstić information content (AvgIpc) is 3.97. The molecule has 0 atom stereocenters. The summed E-state index contributed by atoms with van der Waals surface area (Å²) >= 11 is 7.20. The number of halogens is 2. The van der Waals surface area contributed by atoms with Crippen molar-refractivity contribution in [2.75, 3.05) is 0 Å². The maximum absolute atomic E-state index is 5.32. The molecule has 50 heavy (non-hydrogen) atoms. The van der Waals surface area contributed by atoms with Crippen LogP contribution in [0.3, 0.4) is 0 Å². The number of pyridine rings is 2. The topological polar surface area (TPSA) is 83.1 Å². The Morgan fingerprint density at radius 2 is 0.700 bits per heavy atom. The molecule has 0 spiro atoms. The van der Waals surface area contributed by atoms with E-state index in [1.807, 2.05) is 48.5 Å². The van der Waals surface area contributed by atoms with Gasteiger partial charge in [0.25, 0.3) is 0 Å². The predicted molar refractivity (Wildman–Crippen MR) is 212 cm³/mol. The molecule has 5 aromatic heterocycles. The van der Waals surface area contributed by atoms with Crippen molar-refractivity contribution in [3.8, 4) is 44.8 Å². The summed E-state index contributed by atoms with van der Waals surface area (Å²) in [6, 6.07) is 41.1. The van der Waals surface area contributed by atoms with E-state index in [-0.39, 0.29) is 0 Å². The van der Waals surface area contributed by atoms with Crippen LogP contribution in [0.15, 0.2) is 131 Å². The number of aromatic nitrogens is 6. The molecule has 0 fully saturated rings. The van der Waals surface area contributed by atoms with Crippen LogP contribution in [0, 0.1) is 0 Å². The van der Waals surface area contributed by atoms with Gasteiger partial charge in [0.15, 0.2) is 0 Å². The maximum atomic E-state index is 5.32. The lowest BCUT2D eigenvalue weighted by molar-refractivity contribution is 1.25. The summed E-state index contributed by atoms with van der Waals surface area (Å²) in [6.45, 7) is 0. The van der Waals surface area contributed by atoms with E-state index in [4.69, 9.17) is 19.9 Å². The fourth-order valence-corrected chi connectivity index (χ4v) is 7.34. The van der Waals surface area contributed by atoms with Gasteiger partial charge in [-0.2, -0.15) is 0 Å². The fourth-order valence-electron chi connectivity index (χ4n) is 6.66. The Labute approximate surface area is 304 Å². The number of fused-ring (bicyclic) bond motifs is 8. The Morgan fingerprint density at radius 3 is 1.08 bits per heavy atom. The van der Waals surface area contributed by atoms with Crippen LogP contribution in [-0.2, 0) is 0 Å². The van der Waals surface area contributed by atoms with Gasteiger partial charge in [-0.15, -0.1) is 0 Å². The summed E-state index contributed by atoms with van der Waals surface area (Å²) < 4.78 is 1.50. The number of hydrogen-bond donors (Lipinski definition) is 2. The van der Waals surface area contributed by atoms with Crippen molar-refractivity contribution in [1.29, 1.82) is 0 Å². The van der Waals surface area contributed by atoms with Crippen molar-refractivity contribution in [3.05, 3.63) is 153 Å². The minimum absolute atomic E-state index is 0.751. The van der Waals surface area contributed by atoms with Gasteiger partial charge in [0, 0.05) is 33.3 Å². The van der Waals surface area contributed by atoms with Gasteiger partial charge in [-0.05, 0) is 116 Å². The zero-order valence-corrected chi connectivity index (χ0v) is 29.6. The third-order valence-electron chi connectivity index (χ3n) is 8.82. The summed E-state index contributed by atoms with van der Waals surface area (Å²) in [6.07, 6.45) is 8.33. The number of aromatic amines is 2. The molecular formula is C42H26Br2N6. The van der Waals surface area contributed by atoms with E-state index >= 15 is 0 Å². The van der Waals surface area contributed by atoms with Gasteiger partial charge in [-0.3, -0.25) is 0 Å². The molecule has 7 aromatic rings. The van der Waals surface area contributed by atoms with Gasteiger partial charge >= 0.3 is 0 Å². The normalized spacial score (nSPS) is 12.0. The number of H-pyrrole nitrogens is 2. The van der Waals surface area contributed by atoms with Crippen LogP contribution < -0.4 is 0 Å². The van der Waals surface area contributed by atoms with E-state index in [9.17, 15) is 0 Å². The second-order valence-corrected chi connectivity index (χ2v) is 13.6. The van der Waals surface area contributed by atoms with Crippen LogP contribution in [0.5, 0.6) is 0 Å². The molecule has 2 aliphatic heterocycles. The summed E-state index contributed by atoms with van der Waals surface area (Å²) in [4.78, 5) is 27.9. The molecule has 0 amide bonds. The largest absolute Gasteiger partial charge is 0.354 e. The van der Waals surface area contributed by atoms with Gasteiger partial charge in [0.2, 0.25) is 0 Å². The highest BCUT2D eigenvalue weighted by Crippen LogP contribution is 2.38. The van der Waals surface area contributed by atoms with Crippen LogP contribution in [0.4, 0.5) is 0 Å². The molecule has 0 aliphatic carbocycles. The first-order valence-electron chi connectivity index (χ1n) is 16.1. The van der Waals surface area contributed by atoms with E-state index < -0.39 is 0 Å². The highest BCUT2D eigenvalue weighted by molar-refractivity contribution is 9.10. The first-order chi connectivity index (χ1) is 24.6. The molecule has 9 rings (SSSR count). The lowest BCUT2D eigenvalue weighted by atomic mass is 10.0. The van der Waals surface area contributed by atoms with Crippen LogP contribution in [0.25, 0.3) is 91.1 Å². The SMILES string of the molecule is Brc1cccc(-c2c3nc(c(-c4ccccc4)c4ccc([nH]4)c(-c4cccc(Br)n4)c4nc(c(-c5ccccc5)c5ccc2[nH]5)C=C4)C=C3)n1. The smallest absolute Gasteiger partial charge is 0.106 e. The van der Waals surface area contributed by atoms with Crippen LogP contribution >= 0.6 is 31.9 Å². The van der Waals surface area contributed by atoms with E-state index in [2.05, 4.69) is 139 Å². The van der Waals surface area contributed by atoms with Gasteiger partial charge < -0.3 is 9.97 Å². The Kier molecular flexibility index (Phi) is 7.67. The highest BCUT2D eigenvalue weighted by Gasteiger charge is 2.19. The second-order valence-electron chi connectivity index (χ2n) is 11.9. The Bertz CT molecular complexity index is 2490. The molecule has 0 saturated carbocycles. The molecule has 2 N–H and O–H groups in total. The van der Waals surface area contributed by atoms with Gasteiger partial charge in [-0.1, -0.05) is 72.8 Å². The molecule has 0 unspecified atom stereocenters.